The Morgan fingerprint density at radius 2 is 1.14 bits per heavy atom. The van der Waals surface area contributed by atoms with Gasteiger partial charge in [-0.1, -0.05) is 44.4 Å². The summed E-state index contributed by atoms with van der Waals surface area (Å²) in [5, 5.41) is 11.9. The third-order valence-electron chi connectivity index (χ3n) is 8.23. The second-order valence-corrected chi connectivity index (χ2v) is 16.9. The molecule has 1 aliphatic rings. The predicted octanol–water partition coefficient (Wildman–Crippen LogP) is 4.72. The van der Waals surface area contributed by atoms with Gasteiger partial charge in [-0.2, -0.15) is 0 Å². The molecule has 0 saturated heterocycles. The minimum absolute atomic E-state index is 0.000485. The van der Waals surface area contributed by atoms with E-state index in [2.05, 4.69) is 68.1 Å². The van der Waals surface area contributed by atoms with Crippen LogP contribution >= 0.6 is 55.4 Å². The molecule has 21 heteroatoms. The Bertz CT molecular complexity index is 1980. The fraction of sp³-hybridized carbons (Fsp3) is 0.395. The number of nitrogens with one attached hydrogen (secondary N) is 4. The van der Waals surface area contributed by atoms with Crippen LogP contribution in [0.25, 0.3) is 0 Å². The van der Waals surface area contributed by atoms with Crippen LogP contribution in [0.1, 0.15) is 58.3 Å². The van der Waals surface area contributed by atoms with Crippen molar-refractivity contribution in [2.75, 3.05) is 59.0 Å². The molecule has 2 aromatic carbocycles. The largest absolute Gasteiger partial charge is 0.370 e. The van der Waals surface area contributed by atoms with Gasteiger partial charge in [-0.3, -0.25) is 34.2 Å². The Kier molecular flexibility index (Phi) is 21.5. The highest BCUT2D eigenvalue weighted by molar-refractivity contribution is 9.10. The standard InChI is InChI=1S/C38H53Br2N13O4S2/c1-2-22-9-14-47-30(36(57)53-29-20-24(40)18-27(34(29)59-16-11-42)51-32(55)8-4-6-13-49-38(45)46)21-25(22)35(56)52-28-19-23(39)17-26(33(28)58-15-10-41)50-31(54)7-3-5-12-48-37(43)44/h14,17-21H,2-13,15-16,41-42H2,1H3,(H,50,54)(H,51,55)(H,52,56)(H,53,57)(H4,43,44,48)(H4,45,46,49). The molecule has 16 N–H and O–H groups in total. The predicted molar refractivity (Wildman–Crippen MR) is 250 cm³/mol. The molecule has 0 atom stereocenters. The molecule has 1 aliphatic heterocycles. The number of carbonyl (C=O) groups excluding carboxylic acids is 4. The van der Waals surface area contributed by atoms with E-state index in [-0.39, 0.29) is 47.8 Å². The lowest BCUT2D eigenvalue weighted by atomic mass is 10.0. The van der Waals surface area contributed by atoms with Crippen molar-refractivity contribution in [2.24, 2.45) is 49.4 Å². The van der Waals surface area contributed by atoms with Crippen molar-refractivity contribution < 1.29 is 19.2 Å². The number of amides is 4. The number of thioether (sulfide) groups is 2. The molecular weight excluding hydrogens is 926 g/mol. The van der Waals surface area contributed by atoms with Crippen LogP contribution in [0, 0.1) is 0 Å². The van der Waals surface area contributed by atoms with Gasteiger partial charge in [0.15, 0.2) is 11.9 Å². The van der Waals surface area contributed by atoms with Gasteiger partial charge in [0.25, 0.3) is 11.8 Å². The topological polar surface area (TPSA) is 310 Å². The molecule has 0 spiro atoms. The number of allylic oxidation sites excluding steroid dienone is 1. The van der Waals surface area contributed by atoms with Crippen LogP contribution in [0.15, 0.2) is 80.9 Å². The maximum atomic E-state index is 14.2. The Hall–Kier alpha value is -4.41. The van der Waals surface area contributed by atoms with E-state index in [1.54, 1.807) is 30.5 Å². The monoisotopic (exact) mass is 977 g/mol. The normalized spacial score (nSPS) is 12.3. The highest BCUT2D eigenvalue weighted by atomic mass is 79.9. The minimum atomic E-state index is -0.571. The zero-order valence-electron chi connectivity index (χ0n) is 32.9. The Labute approximate surface area is 369 Å². The van der Waals surface area contributed by atoms with E-state index in [9.17, 15) is 19.2 Å². The molecule has 17 nitrogen and oxygen atoms in total. The summed E-state index contributed by atoms with van der Waals surface area (Å²) in [4.78, 5) is 67.7. The number of hydrogen-bond acceptors (Lipinski definition) is 11. The first-order valence-electron chi connectivity index (χ1n) is 18.9. The van der Waals surface area contributed by atoms with E-state index in [0.29, 0.717) is 118 Å². The summed E-state index contributed by atoms with van der Waals surface area (Å²) < 4.78 is 1.23. The van der Waals surface area contributed by atoms with Gasteiger partial charge in [-0.25, -0.2) is 0 Å². The first-order valence-corrected chi connectivity index (χ1v) is 22.4. The van der Waals surface area contributed by atoms with Gasteiger partial charge in [0, 0.05) is 77.7 Å². The van der Waals surface area contributed by atoms with Gasteiger partial charge in [-0.15, -0.1) is 23.5 Å². The Morgan fingerprint density at radius 3 is 1.56 bits per heavy atom. The summed E-state index contributed by atoms with van der Waals surface area (Å²) in [5.74, 6) is -0.442. The molecule has 0 bridgehead atoms. The molecule has 2 aromatic rings. The quantitative estimate of drug-likeness (QED) is 0.0313. The van der Waals surface area contributed by atoms with Crippen molar-refractivity contribution in [3.63, 3.8) is 0 Å². The van der Waals surface area contributed by atoms with Crippen molar-refractivity contribution >= 4 is 120 Å². The van der Waals surface area contributed by atoms with Crippen LogP contribution in [0.2, 0.25) is 0 Å². The summed E-state index contributed by atoms with van der Waals surface area (Å²) >= 11 is 9.80. The lowest BCUT2D eigenvalue weighted by Gasteiger charge is -2.18. The molecule has 0 aromatic heterocycles. The zero-order valence-corrected chi connectivity index (χ0v) is 37.7. The molecule has 0 unspecified atom stereocenters. The third kappa shape index (κ3) is 17.0. The number of rotatable bonds is 23. The number of nitrogens with two attached hydrogens (primary N) is 6. The molecule has 320 valence electrons. The molecule has 0 fully saturated rings. The summed E-state index contributed by atoms with van der Waals surface area (Å²) in [6, 6.07) is 6.99. The maximum Gasteiger partial charge on any atom is 0.274 e. The fourth-order valence-corrected chi connectivity index (χ4v) is 8.15. The number of nitrogens with zero attached hydrogens (tertiary/aromatic N) is 3. The molecule has 1 heterocycles. The van der Waals surface area contributed by atoms with E-state index in [1.165, 1.54) is 29.6 Å². The SMILES string of the molecule is CCC1=C(C(=O)Nc2cc(Br)cc(NC(=O)CCCCN=C(N)N)c2SCCN)C=C(C(=O)Nc2cc(Br)cc(NC(=O)CCCCN=C(N)N)c2SCCN)N=CC1. The number of anilines is 4. The number of carbonyl (C=O) groups is 4. The van der Waals surface area contributed by atoms with Crippen LogP contribution in [0.4, 0.5) is 22.7 Å². The number of halogens is 2. The first kappa shape index (κ1) is 49.0. The van der Waals surface area contributed by atoms with Crippen molar-refractivity contribution in [1.29, 1.82) is 0 Å². The van der Waals surface area contributed by atoms with Gasteiger partial charge in [-0.05, 0) is 62.4 Å². The molecule has 0 radical (unpaired) electrons. The molecule has 0 aliphatic carbocycles. The van der Waals surface area contributed by atoms with Crippen LogP contribution < -0.4 is 55.7 Å². The molecular formula is C38H53Br2N13O4S2. The lowest BCUT2D eigenvalue weighted by molar-refractivity contribution is -0.117. The van der Waals surface area contributed by atoms with E-state index in [1.807, 2.05) is 6.92 Å². The fourth-order valence-electron chi connectivity index (χ4n) is 5.53. The number of benzene rings is 2. The maximum absolute atomic E-state index is 14.2. The van der Waals surface area contributed by atoms with Crippen LogP contribution in [0.3, 0.4) is 0 Å². The number of unbranched alkanes of at least 4 members (excludes halogenated alkanes) is 2. The van der Waals surface area contributed by atoms with Gasteiger partial charge in [0.1, 0.15) is 5.70 Å². The summed E-state index contributed by atoms with van der Waals surface area (Å²) in [6.07, 6.45) is 6.79. The second-order valence-electron chi connectivity index (χ2n) is 12.9. The van der Waals surface area contributed by atoms with Gasteiger partial charge < -0.3 is 55.7 Å². The van der Waals surface area contributed by atoms with Gasteiger partial charge in [0.05, 0.1) is 32.5 Å². The van der Waals surface area contributed by atoms with E-state index in [4.69, 9.17) is 34.4 Å². The second kappa shape index (κ2) is 25.9. The van der Waals surface area contributed by atoms with Crippen molar-refractivity contribution in [2.45, 2.75) is 68.1 Å². The smallest absolute Gasteiger partial charge is 0.274 e. The van der Waals surface area contributed by atoms with E-state index in [0.717, 1.165) is 5.57 Å². The van der Waals surface area contributed by atoms with E-state index < -0.39 is 11.8 Å². The average molecular weight is 980 g/mol. The summed E-state index contributed by atoms with van der Waals surface area (Å²) in [5.41, 5.74) is 36.1. The third-order valence-corrected chi connectivity index (χ3v) is 11.5. The first-order chi connectivity index (χ1) is 28.3. The van der Waals surface area contributed by atoms with Crippen molar-refractivity contribution in [1.82, 2.24) is 0 Å². The highest BCUT2D eigenvalue weighted by Gasteiger charge is 2.23. The lowest BCUT2D eigenvalue weighted by Crippen LogP contribution is -2.23. The highest BCUT2D eigenvalue weighted by Crippen LogP contribution is 2.40. The number of hydrogen-bond donors (Lipinski definition) is 10. The minimum Gasteiger partial charge on any atom is -0.370 e. The van der Waals surface area contributed by atoms with Crippen molar-refractivity contribution in [3.05, 3.63) is 56.1 Å². The summed E-state index contributed by atoms with van der Waals surface area (Å²) in [7, 11) is 0. The Balaban J connectivity index is 1.89. The zero-order chi connectivity index (χ0) is 43.3. The molecule has 3 rings (SSSR count). The van der Waals surface area contributed by atoms with Gasteiger partial charge >= 0.3 is 0 Å². The van der Waals surface area contributed by atoms with Crippen LogP contribution in [-0.4, -0.2) is 79.4 Å². The number of guanidine groups is 2. The number of aliphatic imine (C=N–C) groups is 3. The summed E-state index contributed by atoms with van der Waals surface area (Å²) in [6.45, 7) is 3.47. The average Bonchev–Trinajstić information content (AvgIpc) is 3.40. The van der Waals surface area contributed by atoms with Crippen LogP contribution in [-0.2, 0) is 19.2 Å². The molecule has 4 amide bonds. The van der Waals surface area contributed by atoms with Gasteiger partial charge in [0.2, 0.25) is 11.8 Å². The van der Waals surface area contributed by atoms with E-state index >= 15 is 0 Å². The van der Waals surface area contributed by atoms with Crippen LogP contribution in [0.5, 0.6) is 0 Å². The van der Waals surface area contributed by atoms with Crippen molar-refractivity contribution in [3.8, 4) is 0 Å². The molecule has 59 heavy (non-hydrogen) atoms. The Morgan fingerprint density at radius 1 is 0.695 bits per heavy atom. The molecule has 0 saturated carbocycles.